The largest absolute Gasteiger partial charge is 0.480 e. The molecule has 0 aliphatic carbocycles. The molecule has 16 nitrogen and oxygen atoms in total. The number of likely N-dealkylation sites (N-methyl/N-ethyl adjacent to an activating group) is 2. The molecular formula is C51H77N5O11. The van der Waals surface area contributed by atoms with Crippen molar-refractivity contribution >= 4 is 47.2 Å². The number of benzene rings is 1. The van der Waals surface area contributed by atoms with Gasteiger partial charge in [0.2, 0.25) is 23.6 Å². The molecule has 1 aromatic carbocycles. The molecule has 0 saturated carbocycles. The summed E-state index contributed by atoms with van der Waals surface area (Å²) >= 11 is 0. The molecule has 1 saturated heterocycles. The van der Waals surface area contributed by atoms with Crippen molar-refractivity contribution in [3.8, 4) is 0 Å². The summed E-state index contributed by atoms with van der Waals surface area (Å²) in [5.41, 5.74) is 1.52. The van der Waals surface area contributed by atoms with Crippen LogP contribution in [0.25, 0.3) is 0 Å². The van der Waals surface area contributed by atoms with Gasteiger partial charge in [0.1, 0.15) is 6.04 Å². The summed E-state index contributed by atoms with van der Waals surface area (Å²) in [6.45, 7) is 17.8. The van der Waals surface area contributed by atoms with E-state index in [0.29, 0.717) is 32.1 Å². The number of hydrogen-bond donors (Lipinski definition) is 2. The second kappa shape index (κ2) is 26.4. The van der Waals surface area contributed by atoms with Gasteiger partial charge in [-0.2, -0.15) is 0 Å². The molecule has 3 rings (SSSR count). The number of imide groups is 1. The first kappa shape index (κ1) is 56.1. The number of carbonyl (C=O) groups is 8. The lowest BCUT2D eigenvalue weighted by Crippen LogP contribution is -2.55. The van der Waals surface area contributed by atoms with Crippen molar-refractivity contribution in [2.45, 2.75) is 143 Å². The van der Waals surface area contributed by atoms with Crippen LogP contribution in [0.4, 0.5) is 0 Å². The van der Waals surface area contributed by atoms with E-state index in [2.05, 4.69) is 11.9 Å². The van der Waals surface area contributed by atoms with E-state index >= 15 is 0 Å². The van der Waals surface area contributed by atoms with Crippen molar-refractivity contribution in [2.75, 3.05) is 41.4 Å². The van der Waals surface area contributed by atoms with Gasteiger partial charge < -0.3 is 34.6 Å². The summed E-state index contributed by atoms with van der Waals surface area (Å²) in [5, 5.41) is 12.6. The molecule has 6 amide bonds. The summed E-state index contributed by atoms with van der Waals surface area (Å²) in [5.74, 6) is -5.57. The highest BCUT2D eigenvalue weighted by molar-refractivity contribution is 6.12. The normalized spacial score (nSPS) is 18.6. The number of methoxy groups -OCH3 is 2. The first-order chi connectivity index (χ1) is 31.6. The van der Waals surface area contributed by atoms with Crippen molar-refractivity contribution in [3.63, 3.8) is 0 Å². The quantitative estimate of drug-likeness (QED) is 0.0645. The molecule has 16 heteroatoms. The molecule has 9 atom stereocenters. The van der Waals surface area contributed by atoms with E-state index < -0.39 is 60.1 Å². The molecule has 0 aromatic heterocycles. The van der Waals surface area contributed by atoms with Gasteiger partial charge in [-0.15, -0.1) is 0 Å². The Morgan fingerprint density at radius 2 is 1.49 bits per heavy atom. The van der Waals surface area contributed by atoms with Crippen LogP contribution in [0.3, 0.4) is 0 Å². The minimum Gasteiger partial charge on any atom is -0.480 e. The lowest BCUT2D eigenvalue weighted by molar-refractivity contribution is -0.150. The fourth-order valence-electron chi connectivity index (χ4n) is 9.56. The number of Topliss-reactive ketones (excluding diaryl/α,β-unsaturated/α-hetero) is 1. The van der Waals surface area contributed by atoms with E-state index in [1.807, 2.05) is 47.6 Å². The highest BCUT2D eigenvalue weighted by atomic mass is 16.5. The van der Waals surface area contributed by atoms with Crippen molar-refractivity contribution < 1.29 is 52.9 Å². The van der Waals surface area contributed by atoms with Crippen LogP contribution < -0.4 is 5.32 Å². The second-order valence-corrected chi connectivity index (χ2v) is 19.1. The number of carbonyl (C=O) groups excluding carboxylic acids is 7. The maximum atomic E-state index is 14.7. The molecule has 2 aliphatic rings. The van der Waals surface area contributed by atoms with Gasteiger partial charge in [0.15, 0.2) is 5.78 Å². The number of rotatable bonds is 28. The number of amides is 6. The van der Waals surface area contributed by atoms with Crippen molar-refractivity contribution in [3.05, 3.63) is 60.2 Å². The van der Waals surface area contributed by atoms with Crippen LogP contribution in [0.2, 0.25) is 0 Å². The highest BCUT2D eigenvalue weighted by Gasteiger charge is 2.44. The first-order valence-corrected chi connectivity index (χ1v) is 23.8. The lowest BCUT2D eigenvalue weighted by atomic mass is 9.83. The molecule has 0 bridgehead atoms. The molecule has 372 valence electrons. The van der Waals surface area contributed by atoms with E-state index in [1.54, 1.807) is 55.1 Å². The SMILES string of the molecule is C=C1C[C@@H]([C@H](OC)[C@@H](C)C(=O)N[C@@H](Cc2ccccc2)C(=O)O)N(C(=O)C[C@@H](OC)[C@H]([C@@H](C)CC)N(C)C(=O)[C@@H](CC(=O)[C@H](C(C)C)N(C)C(=O)CCCCCN2C(=O)C=CC2=O)C(C)C)C1. The van der Waals surface area contributed by atoms with Crippen LogP contribution in [-0.2, 0) is 54.3 Å². The topological polar surface area (TPSA) is 200 Å². The fraction of sp³-hybridized carbons (Fsp3) is 0.647. The van der Waals surface area contributed by atoms with E-state index in [-0.39, 0.29) is 91.8 Å². The zero-order valence-electron chi connectivity index (χ0n) is 41.7. The van der Waals surface area contributed by atoms with Gasteiger partial charge in [0, 0.05) is 78.7 Å². The molecule has 0 radical (unpaired) electrons. The van der Waals surface area contributed by atoms with Crippen molar-refractivity contribution in [2.24, 2.45) is 29.6 Å². The van der Waals surface area contributed by atoms with Gasteiger partial charge in [-0.1, -0.05) is 104 Å². The zero-order valence-corrected chi connectivity index (χ0v) is 41.7. The van der Waals surface area contributed by atoms with Crippen LogP contribution in [0.15, 0.2) is 54.6 Å². The van der Waals surface area contributed by atoms with Gasteiger partial charge in [-0.25, -0.2) is 4.79 Å². The third-order valence-corrected chi connectivity index (χ3v) is 13.6. The summed E-state index contributed by atoms with van der Waals surface area (Å²) in [4.78, 5) is 112. The van der Waals surface area contributed by atoms with Gasteiger partial charge in [0.25, 0.3) is 11.8 Å². The predicted octanol–water partition coefficient (Wildman–Crippen LogP) is 5.08. The number of carboxylic acid groups (broad SMARTS) is 1. The molecule has 2 aliphatic heterocycles. The van der Waals surface area contributed by atoms with E-state index in [1.165, 1.54) is 36.2 Å². The van der Waals surface area contributed by atoms with E-state index in [4.69, 9.17) is 9.47 Å². The molecule has 0 spiro atoms. The minimum atomic E-state index is -1.18. The van der Waals surface area contributed by atoms with Gasteiger partial charge >= 0.3 is 5.97 Å². The number of aliphatic carboxylic acids is 1. The van der Waals surface area contributed by atoms with Gasteiger partial charge in [-0.05, 0) is 42.6 Å². The molecule has 1 aromatic rings. The molecule has 1 fully saturated rings. The Balaban J connectivity index is 1.74. The second-order valence-electron chi connectivity index (χ2n) is 19.1. The summed E-state index contributed by atoms with van der Waals surface area (Å²) < 4.78 is 12.0. The van der Waals surface area contributed by atoms with Crippen molar-refractivity contribution in [1.29, 1.82) is 0 Å². The number of nitrogens with one attached hydrogen (secondary N) is 1. The van der Waals surface area contributed by atoms with Crippen molar-refractivity contribution in [1.82, 2.24) is 24.9 Å². The van der Waals surface area contributed by atoms with Gasteiger partial charge in [0.05, 0.1) is 42.7 Å². The smallest absolute Gasteiger partial charge is 0.326 e. The van der Waals surface area contributed by atoms with Crippen LogP contribution in [0.5, 0.6) is 0 Å². The number of hydrogen-bond acceptors (Lipinski definition) is 10. The average molecular weight is 936 g/mol. The van der Waals surface area contributed by atoms with Crippen LogP contribution in [-0.4, -0.2) is 150 Å². The first-order valence-electron chi connectivity index (χ1n) is 23.8. The molecule has 2 N–H and O–H groups in total. The van der Waals surface area contributed by atoms with E-state index in [0.717, 1.165) is 11.1 Å². The van der Waals surface area contributed by atoms with Gasteiger partial charge in [-0.3, -0.25) is 38.5 Å². The third kappa shape index (κ3) is 15.1. The van der Waals surface area contributed by atoms with Crippen LogP contribution in [0, 0.1) is 29.6 Å². The van der Waals surface area contributed by atoms with Crippen LogP contribution in [0.1, 0.15) is 105 Å². The van der Waals surface area contributed by atoms with E-state index in [9.17, 15) is 43.5 Å². The minimum absolute atomic E-state index is 0.0895. The number of carboxylic acids is 1. The summed E-state index contributed by atoms with van der Waals surface area (Å²) in [6, 6.07) is 5.90. The Hall–Kier alpha value is -5.22. The fourth-order valence-corrected chi connectivity index (χ4v) is 9.56. The Kier molecular flexibility index (Phi) is 22.1. The Morgan fingerprint density at radius 1 is 0.866 bits per heavy atom. The Bertz CT molecular complexity index is 1920. The molecule has 0 unspecified atom stereocenters. The summed E-state index contributed by atoms with van der Waals surface area (Å²) in [6.07, 6.45) is 3.70. The standard InChI is InChI=1S/C51H77N5O11/c1-13-34(7)47(54(10)50(63)37(31(2)3)28-40(57)46(32(4)5)53(9)42(58)22-18-15-19-25-55-43(59)23-24-44(55)60)41(66-11)29-45(61)56-30-33(6)26-39(56)48(67-12)35(8)49(62)52-38(51(64)65)27-36-20-16-14-17-21-36/h14,16-17,20-21,23-24,31-32,34-35,37-39,41,46-48H,6,13,15,18-19,22,25-30H2,1-5,7-12H3,(H,52,62)(H,64,65)/t34-,35+,37-,38-,39-,41+,46-,47-,48+/m0/s1. The number of nitrogens with zero attached hydrogens (tertiary/aromatic N) is 4. The average Bonchev–Trinajstić information content (AvgIpc) is 3.83. The number of ether oxygens (including phenoxy) is 2. The number of ketones is 1. The number of likely N-dealkylation sites (tertiary alicyclic amines) is 1. The Labute approximate surface area is 397 Å². The molecule has 2 heterocycles. The molecule has 67 heavy (non-hydrogen) atoms. The maximum Gasteiger partial charge on any atom is 0.326 e. The summed E-state index contributed by atoms with van der Waals surface area (Å²) in [7, 11) is 6.25. The highest BCUT2D eigenvalue weighted by Crippen LogP contribution is 2.32. The Morgan fingerprint density at radius 3 is 2.03 bits per heavy atom. The lowest BCUT2D eigenvalue weighted by Gasteiger charge is -2.41. The van der Waals surface area contributed by atoms with Crippen LogP contribution >= 0.6 is 0 Å². The number of unbranched alkanes of at least 4 members (excludes halogenated alkanes) is 2. The monoisotopic (exact) mass is 936 g/mol. The zero-order chi connectivity index (χ0) is 50.3. The third-order valence-electron chi connectivity index (χ3n) is 13.6. The predicted molar refractivity (Wildman–Crippen MR) is 254 cm³/mol. The maximum absolute atomic E-state index is 14.7. The molecular weight excluding hydrogens is 859 g/mol.